The van der Waals surface area contributed by atoms with E-state index in [0.717, 1.165) is 0 Å². The van der Waals surface area contributed by atoms with Gasteiger partial charge >= 0.3 is 0 Å². The van der Waals surface area contributed by atoms with Gasteiger partial charge in [0, 0.05) is 16.3 Å². The van der Waals surface area contributed by atoms with Crippen LogP contribution >= 0.6 is 11.6 Å². The van der Waals surface area contributed by atoms with Gasteiger partial charge in [0.05, 0.1) is 11.6 Å². The minimum absolute atomic E-state index is 0.153. The van der Waals surface area contributed by atoms with Gasteiger partial charge in [0.15, 0.2) is 6.19 Å². The standard InChI is InChI=1S/C20H18ClN5O2/c1-20(2)18(27)17(15-9-12(10-22)3-8-16(15)28-20)26-19(24-11-23)25-14-6-4-13(21)5-7-14/h3-9,17-18,27H,1-2H3,(H2,24,25,26)/t17-,18?/m1/s1. The van der Waals surface area contributed by atoms with Crippen LogP contribution in [0.2, 0.25) is 5.02 Å². The summed E-state index contributed by atoms with van der Waals surface area (Å²) in [6.45, 7) is 3.51. The molecule has 0 fully saturated rings. The molecule has 1 aliphatic heterocycles. The summed E-state index contributed by atoms with van der Waals surface area (Å²) in [5.74, 6) is 0.686. The van der Waals surface area contributed by atoms with Gasteiger partial charge in [-0.05, 0) is 56.3 Å². The van der Waals surface area contributed by atoms with Crippen LogP contribution < -0.4 is 15.4 Å². The Bertz CT molecular complexity index is 989. The molecule has 0 saturated carbocycles. The lowest BCUT2D eigenvalue weighted by Gasteiger charge is -2.40. The van der Waals surface area contributed by atoms with Gasteiger partial charge in [0.2, 0.25) is 5.96 Å². The molecule has 8 heteroatoms. The highest BCUT2D eigenvalue weighted by Crippen LogP contribution is 2.42. The molecule has 3 N–H and O–H groups in total. The summed E-state index contributed by atoms with van der Waals surface area (Å²) in [5.41, 5.74) is 0.751. The van der Waals surface area contributed by atoms with Crippen LogP contribution in [-0.4, -0.2) is 22.8 Å². The maximum atomic E-state index is 10.9. The van der Waals surface area contributed by atoms with Gasteiger partial charge in [-0.2, -0.15) is 10.5 Å². The minimum atomic E-state index is -1.00. The Morgan fingerprint density at radius 3 is 2.57 bits per heavy atom. The number of aliphatic imine (C=N–C) groups is 1. The van der Waals surface area contributed by atoms with E-state index in [9.17, 15) is 10.4 Å². The zero-order chi connectivity index (χ0) is 20.3. The number of nitriles is 2. The smallest absolute Gasteiger partial charge is 0.209 e. The third kappa shape index (κ3) is 4.01. The molecule has 0 bridgehead atoms. The second-order valence-electron chi connectivity index (χ2n) is 6.81. The van der Waals surface area contributed by atoms with E-state index >= 15 is 0 Å². The predicted molar refractivity (Wildman–Crippen MR) is 106 cm³/mol. The molecule has 0 aliphatic carbocycles. The number of nitrogens with zero attached hydrogens (tertiary/aromatic N) is 3. The lowest BCUT2D eigenvalue weighted by molar-refractivity contribution is -0.0567. The third-order valence-corrected chi connectivity index (χ3v) is 4.64. The summed E-state index contributed by atoms with van der Waals surface area (Å²) in [6.07, 6.45) is 0.833. The topological polar surface area (TPSA) is 113 Å². The Balaban J connectivity index is 2.03. The number of ether oxygens (including phenoxy) is 1. The Kier molecular flexibility index (Phi) is 5.41. The average molecular weight is 396 g/mol. The molecule has 1 aliphatic rings. The number of hydrogen-bond donors (Lipinski definition) is 3. The molecule has 3 rings (SSSR count). The highest BCUT2D eigenvalue weighted by molar-refractivity contribution is 6.30. The largest absolute Gasteiger partial charge is 0.485 e. The zero-order valence-electron chi connectivity index (χ0n) is 15.3. The van der Waals surface area contributed by atoms with Crippen molar-refractivity contribution in [2.75, 3.05) is 5.32 Å². The molecule has 142 valence electrons. The molecule has 28 heavy (non-hydrogen) atoms. The van der Waals surface area contributed by atoms with E-state index in [2.05, 4.69) is 21.7 Å². The number of halogens is 1. The first-order valence-corrected chi connectivity index (χ1v) is 8.88. The summed E-state index contributed by atoms with van der Waals surface area (Å²) < 4.78 is 5.89. The SMILES string of the molecule is CC1(C)Oc2ccc(C#N)cc2[C@@H](N=C(NC#N)Nc2ccc(Cl)cc2)C1O. The molecule has 2 atom stereocenters. The van der Waals surface area contributed by atoms with Gasteiger partial charge in [-0.25, -0.2) is 4.99 Å². The van der Waals surface area contributed by atoms with Crippen LogP contribution in [0.3, 0.4) is 0 Å². The van der Waals surface area contributed by atoms with E-state index in [0.29, 0.717) is 27.6 Å². The number of anilines is 1. The van der Waals surface area contributed by atoms with Crippen molar-refractivity contribution in [3.63, 3.8) is 0 Å². The molecular formula is C20H18ClN5O2. The normalized spacial score (nSPS) is 20.1. The quantitative estimate of drug-likeness (QED) is 0.311. The number of guanidine groups is 1. The maximum Gasteiger partial charge on any atom is 0.209 e. The molecule has 0 saturated heterocycles. The average Bonchev–Trinajstić information content (AvgIpc) is 2.67. The first-order chi connectivity index (χ1) is 13.3. The van der Waals surface area contributed by atoms with Gasteiger partial charge in [-0.3, -0.25) is 5.32 Å². The molecule has 1 heterocycles. The minimum Gasteiger partial charge on any atom is -0.485 e. The fourth-order valence-electron chi connectivity index (χ4n) is 2.93. The number of rotatable bonds is 2. The maximum absolute atomic E-state index is 10.9. The first kappa shape index (κ1) is 19.5. The number of hydrogen-bond acceptors (Lipinski definition) is 5. The van der Waals surface area contributed by atoms with Crippen molar-refractivity contribution >= 4 is 23.2 Å². The van der Waals surface area contributed by atoms with E-state index in [1.165, 1.54) is 0 Å². The van der Waals surface area contributed by atoms with Crippen LogP contribution in [0.15, 0.2) is 47.5 Å². The Hall–Kier alpha value is -3.26. The van der Waals surface area contributed by atoms with Crippen molar-refractivity contribution in [2.24, 2.45) is 4.99 Å². The molecule has 0 aromatic heterocycles. The highest BCUT2D eigenvalue weighted by atomic mass is 35.5. The van der Waals surface area contributed by atoms with E-state index < -0.39 is 17.7 Å². The van der Waals surface area contributed by atoms with Gasteiger partial charge in [0.1, 0.15) is 23.5 Å². The van der Waals surface area contributed by atoms with Crippen molar-refractivity contribution < 1.29 is 9.84 Å². The van der Waals surface area contributed by atoms with Crippen LogP contribution in [0.1, 0.15) is 31.0 Å². The van der Waals surface area contributed by atoms with Crippen molar-refractivity contribution in [2.45, 2.75) is 31.6 Å². The molecule has 7 nitrogen and oxygen atoms in total. The lowest BCUT2D eigenvalue weighted by atomic mass is 9.86. The molecule has 0 radical (unpaired) electrons. The monoisotopic (exact) mass is 395 g/mol. The number of benzene rings is 2. The summed E-state index contributed by atoms with van der Waals surface area (Å²) >= 11 is 5.90. The highest BCUT2D eigenvalue weighted by Gasteiger charge is 2.43. The second kappa shape index (κ2) is 7.77. The Labute approximate surface area is 167 Å². The first-order valence-electron chi connectivity index (χ1n) is 8.50. The van der Waals surface area contributed by atoms with Crippen molar-refractivity contribution in [1.29, 1.82) is 10.5 Å². The van der Waals surface area contributed by atoms with Gasteiger partial charge in [-0.1, -0.05) is 11.6 Å². The zero-order valence-corrected chi connectivity index (χ0v) is 16.0. The van der Waals surface area contributed by atoms with E-state index in [4.69, 9.17) is 21.6 Å². The Morgan fingerprint density at radius 1 is 1.21 bits per heavy atom. The van der Waals surface area contributed by atoms with Crippen LogP contribution in [0.25, 0.3) is 0 Å². The van der Waals surface area contributed by atoms with E-state index in [-0.39, 0.29) is 5.96 Å². The third-order valence-electron chi connectivity index (χ3n) is 4.39. The number of nitrogens with one attached hydrogen (secondary N) is 2. The summed E-state index contributed by atoms with van der Waals surface area (Å²) in [7, 11) is 0. The Morgan fingerprint density at radius 2 is 1.93 bits per heavy atom. The van der Waals surface area contributed by atoms with Crippen molar-refractivity contribution in [1.82, 2.24) is 5.32 Å². The van der Waals surface area contributed by atoms with Gasteiger partial charge < -0.3 is 15.2 Å². The van der Waals surface area contributed by atoms with Crippen LogP contribution in [0.4, 0.5) is 5.69 Å². The van der Waals surface area contributed by atoms with Crippen LogP contribution in [-0.2, 0) is 0 Å². The molecule has 0 spiro atoms. The lowest BCUT2D eigenvalue weighted by Crippen LogP contribution is -2.49. The fraction of sp³-hybridized carbons (Fsp3) is 0.250. The van der Waals surface area contributed by atoms with Crippen molar-refractivity contribution in [3.8, 4) is 18.0 Å². The summed E-state index contributed by atoms with van der Waals surface area (Å²) in [4.78, 5) is 4.54. The van der Waals surface area contributed by atoms with Gasteiger partial charge in [0.25, 0.3) is 0 Å². The molecular weight excluding hydrogens is 378 g/mol. The second-order valence-corrected chi connectivity index (χ2v) is 7.24. The van der Waals surface area contributed by atoms with Crippen LogP contribution in [0.5, 0.6) is 5.75 Å². The number of aliphatic hydroxyl groups is 1. The molecule has 1 unspecified atom stereocenters. The number of aliphatic hydroxyl groups excluding tert-OH is 1. The van der Waals surface area contributed by atoms with E-state index in [1.54, 1.807) is 56.3 Å². The molecule has 0 amide bonds. The summed E-state index contributed by atoms with van der Waals surface area (Å²) in [6, 6.07) is 13.2. The molecule has 2 aromatic rings. The summed E-state index contributed by atoms with van der Waals surface area (Å²) in [5, 5.41) is 35.2. The molecule has 2 aromatic carbocycles. The number of fused-ring (bicyclic) bond motifs is 1. The van der Waals surface area contributed by atoms with Gasteiger partial charge in [-0.15, -0.1) is 0 Å². The van der Waals surface area contributed by atoms with Crippen molar-refractivity contribution in [3.05, 3.63) is 58.6 Å². The van der Waals surface area contributed by atoms with Crippen LogP contribution in [0, 0.1) is 22.8 Å². The fourth-order valence-corrected chi connectivity index (χ4v) is 3.06. The van der Waals surface area contributed by atoms with E-state index in [1.807, 2.05) is 6.19 Å². The predicted octanol–water partition coefficient (Wildman–Crippen LogP) is 3.32.